The fourth-order valence-electron chi connectivity index (χ4n) is 2.92. The van der Waals surface area contributed by atoms with Crippen LogP contribution in [0.1, 0.15) is 15.4 Å². The molecule has 0 aliphatic rings. The largest absolute Gasteiger partial charge is 0.457 e. The minimum Gasteiger partial charge on any atom is -0.457 e. The summed E-state index contributed by atoms with van der Waals surface area (Å²) in [5.41, 5.74) is 2.43. The molecule has 1 aromatic heterocycles. The molecule has 3 aromatic carbocycles. The van der Waals surface area contributed by atoms with Crippen molar-refractivity contribution in [2.45, 2.75) is 6.92 Å². The number of benzene rings is 3. The summed E-state index contributed by atoms with van der Waals surface area (Å²) in [5, 5.41) is 3.71. The molecule has 4 rings (SSSR count). The molecule has 0 saturated carbocycles. The van der Waals surface area contributed by atoms with E-state index in [-0.39, 0.29) is 5.91 Å². The van der Waals surface area contributed by atoms with Crippen LogP contribution in [0.3, 0.4) is 0 Å². The number of carbonyl (C=O) groups is 1. The van der Waals surface area contributed by atoms with Crippen LogP contribution >= 0.6 is 11.3 Å². The number of aryl methyl sites for hydroxylation is 1. The van der Waals surface area contributed by atoms with E-state index < -0.39 is 0 Å². The summed E-state index contributed by atoms with van der Waals surface area (Å²) in [5.74, 6) is 1.30. The van der Waals surface area contributed by atoms with Crippen molar-refractivity contribution in [2.75, 3.05) is 17.3 Å². The Kier molecular flexibility index (Phi) is 5.77. The second-order valence-electron chi connectivity index (χ2n) is 6.70. The molecule has 0 aliphatic heterocycles. The van der Waals surface area contributed by atoms with Crippen molar-refractivity contribution in [1.82, 2.24) is 4.98 Å². The highest BCUT2D eigenvalue weighted by molar-refractivity contribution is 7.17. The van der Waals surface area contributed by atoms with E-state index in [0.29, 0.717) is 22.0 Å². The number of nitrogens with zero attached hydrogens (tertiary/aromatic N) is 2. The molecular formula is C24H21N3O2S. The summed E-state index contributed by atoms with van der Waals surface area (Å²) >= 11 is 1.37. The first kappa shape index (κ1) is 19.7. The molecule has 0 saturated heterocycles. The molecule has 0 aliphatic carbocycles. The molecule has 30 heavy (non-hydrogen) atoms. The Morgan fingerprint density at radius 3 is 2.17 bits per heavy atom. The summed E-state index contributed by atoms with van der Waals surface area (Å²) in [4.78, 5) is 19.9. The Hall–Kier alpha value is -3.64. The van der Waals surface area contributed by atoms with Crippen LogP contribution in [-0.2, 0) is 0 Å². The van der Waals surface area contributed by atoms with Crippen LogP contribution in [0.4, 0.5) is 16.5 Å². The lowest BCUT2D eigenvalue weighted by Gasteiger charge is -2.15. The van der Waals surface area contributed by atoms with E-state index in [1.54, 1.807) is 0 Å². The number of ether oxygens (including phenoxy) is 1. The normalized spacial score (nSPS) is 10.5. The van der Waals surface area contributed by atoms with Crippen LogP contribution in [-0.4, -0.2) is 17.9 Å². The Balaban J connectivity index is 1.44. The standard InChI is InChI=1S/C24H21N3O2S/c1-17-22(30-24(25-17)27(2)19-9-5-3-6-10-19)23(28)26-18-13-15-21(16-14-18)29-20-11-7-4-8-12-20/h3-16H,1-2H3,(H,26,28). The predicted molar refractivity (Wildman–Crippen MR) is 122 cm³/mol. The topological polar surface area (TPSA) is 54.5 Å². The Labute approximate surface area is 179 Å². The number of hydrogen-bond donors (Lipinski definition) is 1. The van der Waals surface area contributed by atoms with Gasteiger partial charge in [-0.1, -0.05) is 47.7 Å². The lowest BCUT2D eigenvalue weighted by molar-refractivity contribution is 0.103. The maximum Gasteiger partial charge on any atom is 0.267 e. The zero-order chi connectivity index (χ0) is 20.9. The summed E-state index contributed by atoms with van der Waals surface area (Å²) in [6.07, 6.45) is 0. The highest BCUT2D eigenvalue weighted by atomic mass is 32.1. The molecular weight excluding hydrogens is 394 g/mol. The van der Waals surface area contributed by atoms with Gasteiger partial charge in [-0.05, 0) is 55.5 Å². The highest BCUT2D eigenvalue weighted by Gasteiger charge is 2.18. The first-order chi connectivity index (χ1) is 14.6. The van der Waals surface area contributed by atoms with Gasteiger partial charge in [0.25, 0.3) is 5.91 Å². The number of para-hydroxylation sites is 2. The Morgan fingerprint density at radius 2 is 1.50 bits per heavy atom. The van der Waals surface area contributed by atoms with Gasteiger partial charge in [-0.15, -0.1) is 0 Å². The SMILES string of the molecule is Cc1nc(N(C)c2ccccc2)sc1C(=O)Nc1ccc(Oc2ccccc2)cc1. The number of hydrogen-bond acceptors (Lipinski definition) is 5. The molecule has 1 amide bonds. The third-order valence-corrected chi connectivity index (χ3v) is 5.75. The fraction of sp³-hybridized carbons (Fsp3) is 0.0833. The van der Waals surface area contributed by atoms with Gasteiger partial charge in [0.15, 0.2) is 5.13 Å². The smallest absolute Gasteiger partial charge is 0.267 e. The van der Waals surface area contributed by atoms with E-state index in [1.807, 2.05) is 104 Å². The van der Waals surface area contributed by atoms with Gasteiger partial charge in [0.05, 0.1) is 5.69 Å². The van der Waals surface area contributed by atoms with E-state index >= 15 is 0 Å². The average molecular weight is 416 g/mol. The number of anilines is 3. The molecule has 1 N–H and O–H groups in total. The van der Waals surface area contributed by atoms with Crippen LogP contribution in [0.15, 0.2) is 84.9 Å². The van der Waals surface area contributed by atoms with Gasteiger partial charge in [0.2, 0.25) is 0 Å². The van der Waals surface area contributed by atoms with Crippen molar-refractivity contribution in [2.24, 2.45) is 0 Å². The molecule has 150 valence electrons. The van der Waals surface area contributed by atoms with Crippen molar-refractivity contribution < 1.29 is 9.53 Å². The summed E-state index contributed by atoms with van der Waals surface area (Å²) in [6.45, 7) is 1.85. The summed E-state index contributed by atoms with van der Waals surface area (Å²) in [6, 6.07) is 26.8. The van der Waals surface area contributed by atoms with Crippen molar-refractivity contribution >= 4 is 33.8 Å². The number of nitrogens with one attached hydrogen (secondary N) is 1. The van der Waals surface area contributed by atoms with Crippen LogP contribution in [0.5, 0.6) is 11.5 Å². The zero-order valence-electron chi connectivity index (χ0n) is 16.7. The average Bonchev–Trinajstić information content (AvgIpc) is 3.18. The number of amides is 1. The van der Waals surface area contributed by atoms with Gasteiger partial charge in [0.1, 0.15) is 16.4 Å². The third kappa shape index (κ3) is 4.50. The number of rotatable bonds is 6. The second kappa shape index (κ2) is 8.80. The predicted octanol–water partition coefficient (Wildman–Crippen LogP) is 6.26. The monoisotopic (exact) mass is 415 g/mol. The quantitative estimate of drug-likeness (QED) is 0.404. The maximum absolute atomic E-state index is 12.8. The van der Waals surface area contributed by atoms with Gasteiger partial charge < -0.3 is 15.0 Å². The van der Waals surface area contributed by atoms with Gasteiger partial charge in [-0.2, -0.15) is 0 Å². The highest BCUT2D eigenvalue weighted by Crippen LogP contribution is 2.31. The van der Waals surface area contributed by atoms with Gasteiger partial charge in [-0.25, -0.2) is 4.98 Å². The van der Waals surface area contributed by atoms with Gasteiger partial charge >= 0.3 is 0 Å². The van der Waals surface area contributed by atoms with Crippen molar-refractivity contribution in [1.29, 1.82) is 0 Å². The third-order valence-electron chi connectivity index (χ3n) is 4.51. The molecule has 4 aromatic rings. The minimum absolute atomic E-state index is 0.172. The fourth-order valence-corrected chi connectivity index (χ4v) is 3.86. The first-order valence-electron chi connectivity index (χ1n) is 9.50. The Bertz CT molecular complexity index is 1130. The summed E-state index contributed by atoms with van der Waals surface area (Å²) in [7, 11) is 1.95. The lowest BCUT2D eigenvalue weighted by Crippen LogP contribution is -2.11. The van der Waals surface area contributed by atoms with Crippen LogP contribution in [0, 0.1) is 6.92 Å². The maximum atomic E-state index is 12.8. The second-order valence-corrected chi connectivity index (χ2v) is 7.68. The minimum atomic E-state index is -0.172. The van der Waals surface area contributed by atoms with Crippen molar-refractivity contribution in [3.8, 4) is 11.5 Å². The van der Waals surface area contributed by atoms with Crippen molar-refractivity contribution in [3.05, 3.63) is 95.5 Å². The van der Waals surface area contributed by atoms with E-state index in [2.05, 4.69) is 10.3 Å². The number of thiazole rings is 1. The van der Waals surface area contributed by atoms with Crippen LogP contribution in [0.25, 0.3) is 0 Å². The molecule has 0 spiro atoms. The first-order valence-corrected chi connectivity index (χ1v) is 10.3. The Morgan fingerprint density at radius 1 is 0.900 bits per heavy atom. The molecule has 1 heterocycles. The van der Waals surface area contributed by atoms with E-state index in [0.717, 1.165) is 16.6 Å². The molecule has 6 heteroatoms. The summed E-state index contributed by atoms with van der Waals surface area (Å²) < 4.78 is 5.79. The number of aromatic nitrogens is 1. The number of carbonyl (C=O) groups excluding carboxylic acids is 1. The molecule has 0 atom stereocenters. The lowest BCUT2D eigenvalue weighted by atomic mass is 10.3. The molecule has 5 nitrogen and oxygen atoms in total. The van der Waals surface area contributed by atoms with E-state index in [4.69, 9.17) is 4.74 Å². The van der Waals surface area contributed by atoms with E-state index in [1.165, 1.54) is 11.3 Å². The molecule has 0 fully saturated rings. The van der Waals surface area contributed by atoms with Crippen LogP contribution in [0.2, 0.25) is 0 Å². The molecule has 0 unspecified atom stereocenters. The zero-order valence-corrected chi connectivity index (χ0v) is 17.5. The van der Waals surface area contributed by atoms with Gasteiger partial charge in [-0.3, -0.25) is 4.79 Å². The van der Waals surface area contributed by atoms with Crippen molar-refractivity contribution in [3.63, 3.8) is 0 Å². The molecule has 0 radical (unpaired) electrons. The van der Waals surface area contributed by atoms with E-state index in [9.17, 15) is 4.79 Å². The van der Waals surface area contributed by atoms with Crippen LogP contribution < -0.4 is 15.0 Å². The molecule has 0 bridgehead atoms. The van der Waals surface area contributed by atoms with Gasteiger partial charge in [0, 0.05) is 18.4 Å².